The highest BCUT2D eigenvalue weighted by Gasteiger charge is 2.40. The predicted octanol–water partition coefficient (Wildman–Crippen LogP) is 7.24. The molecular formula is C25H20Cl3F9N2O4S. The van der Waals surface area contributed by atoms with Gasteiger partial charge in [-0.05, 0) is 41.8 Å². The summed E-state index contributed by atoms with van der Waals surface area (Å²) < 4.78 is 144. The summed E-state index contributed by atoms with van der Waals surface area (Å²) in [7, 11) is -3.83. The molecule has 2 N–H and O–H groups in total. The fourth-order valence-electron chi connectivity index (χ4n) is 3.62. The zero-order valence-corrected chi connectivity index (χ0v) is 25.0. The van der Waals surface area contributed by atoms with Crippen LogP contribution >= 0.6 is 34.8 Å². The highest BCUT2D eigenvalue weighted by atomic mass is 35.5. The normalized spacial score (nSPS) is 14.4. The molecule has 1 unspecified atom stereocenters. The smallest absolute Gasteiger partial charge is 0.345 e. The molecule has 44 heavy (non-hydrogen) atoms. The number of nitrogens with one attached hydrogen (secondary N) is 2. The van der Waals surface area contributed by atoms with Crippen LogP contribution in [0.5, 0.6) is 0 Å². The van der Waals surface area contributed by atoms with Crippen LogP contribution in [0.15, 0.2) is 36.4 Å². The Bertz CT molecular complexity index is 1500. The minimum atomic E-state index is -5.28. The maximum absolute atomic E-state index is 13.9. The third-order valence-corrected chi connectivity index (χ3v) is 7.83. The van der Waals surface area contributed by atoms with Gasteiger partial charge in [-0.15, -0.1) is 0 Å². The molecule has 2 atom stereocenters. The summed E-state index contributed by atoms with van der Waals surface area (Å²) >= 11 is 17.4. The average Bonchev–Trinajstić information content (AvgIpc) is 2.85. The van der Waals surface area contributed by atoms with Crippen LogP contribution in [0, 0.1) is 0 Å². The molecule has 2 aromatic rings. The monoisotopic (exact) mass is 720 g/mol. The molecule has 0 saturated heterocycles. The lowest BCUT2D eigenvalue weighted by molar-refractivity contribution is -0.140. The Hall–Kier alpha value is -2.69. The molecule has 0 radical (unpaired) electrons. The number of amides is 2. The molecule has 0 heterocycles. The van der Waals surface area contributed by atoms with Crippen molar-refractivity contribution in [1.29, 1.82) is 0 Å². The summed E-state index contributed by atoms with van der Waals surface area (Å²) in [5, 5.41) is 2.36. The average molecular weight is 722 g/mol. The van der Waals surface area contributed by atoms with Gasteiger partial charge in [0.15, 0.2) is 0 Å². The van der Waals surface area contributed by atoms with Crippen molar-refractivity contribution in [1.82, 2.24) is 10.6 Å². The van der Waals surface area contributed by atoms with Gasteiger partial charge < -0.3 is 10.6 Å². The lowest BCUT2D eigenvalue weighted by Crippen LogP contribution is -2.49. The topological polar surface area (TPSA) is 92.3 Å². The molecule has 0 aliphatic carbocycles. The SMILES string of the molecule is CS(=O)(=O)CC[C@@H](NC(=O)c1ccc(/C=C/C(c2cc(Cl)c(Cl)c(Cl)c2)C(F)(F)F)cc1C(F)(F)F)C(=O)NCC(F)(F)F. The summed E-state index contributed by atoms with van der Waals surface area (Å²) in [4.78, 5) is 25.0. The fraction of sp³-hybridized carbons (Fsp3) is 0.360. The van der Waals surface area contributed by atoms with Crippen LogP contribution < -0.4 is 10.6 Å². The highest BCUT2D eigenvalue weighted by Crippen LogP contribution is 2.41. The van der Waals surface area contributed by atoms with Gasteiger partial charge >= 0.3 is 18.5 Å². The van der Waals surface area contributed by atoms with Crippen molar-refractivity contribution in [3.05, 3.63) is 73.7 Å². The summed E-state index contributed by atoms with van der Waals surface area (Å²) in [6.45, 7) is -1.88. The van der Waals surface area contributed by atoms with Crippen LogP contribution in [0.3, 0.4) is 0 Å². The van der Waals surface area contributed by atoms with E-state index in [-0.39, 0.29) is 15.1 Å². The zero-order chi connectivity index (χ0) is 33.8. The van der Waals surface area contributed by atoms with Gasteiger partial charge in [-0.25, -0.2) is 8.42 Å². The van der Waals surface area contributed by atoms with Crippen molar-refractivity contribution in [2.24, 2.45) is 0 Å². The summed E-state index contributed by atoms with van der Waals surface area (Å²) in [6.07, 6.45) is -14.0. The van der Waals surface area contributed by atoms with E-state index >= 15 is 0 Å². The largest absolute Gasteiger partial charge is 0.417 e. The molecule has 2 rings (SSSR count). The molecule has 2 amide bonds. The van der Waals surface area contributed by atoms with Crippen molar-refractivity contribution in [3.63, 3.8) is 0 Å². The quantitative estimate of drug-likeness (QED) is 0.200. The van der Waals surface area contributed by atoms with Crippen LogP contribution in [0.2, 0.25) is 15.1 Å². The van der Waals surface area contributed by atoms with Crippen LogP contribution in [0.25, 0.3) is 6.08 Å². The Kier molecular flexibility index (Phi) is 12.1. The molecule has 0 aromatic heterocycles. The number of sulfone groups is 1. The van der Waals surface area contributed by atoms with Crippen molar-refractivity contribution in [3.8, 4) is 0 Å². The van der Waals surface area contributed by atoms with E-state index in [1.54, 1.807) is 5.32 Å². The van der Waals surface area contributed by atoms with Gasteiger partial charge in [0.05, 0.1) is 37.9 Å². The van der Waals surface area contributed by atoms with Crippen molar-refractivity contribution in [2.45, 2.75) is 36.9 Å². The Balaban J connectivity index is 2.46. The molecule has 0 fully saturated rings. The number of alkyl halides is 9. The van der Waals surface area contributed by atoms with Gasteiger partial charge in [-0.3, -0.25) is 9.59 Å². The number of carbonyl (C=O) groups excluding carboxylic acids is 2. The van der Waals surface area contributed by atoms with E-state index < -0.39 is 93.1 Å². The Morgan fingerprint density at radius 1 is 0.932 bits per heavy atom. The maximum atomic E-state index is 13.9. The van der Waals surface area contributed by atoms with E-state index in [0.717, 1.165) is 18.2 Å². The van der Waals surface area contributed by atoms with Gasteiger partial charge in [0.2, 0.25) is 5.91 Å². The number of carbonyl (C=O) groups is 2. The molecule has 244 valence electrons. The van der Waals surface area contributed by atoms with E-state index in [4.69, 9.17) is 34.8 Å². The Morgan fingerprint density at radius 3 is 1.98 bits per heavy atom. The Morgan fingerprint density at radius 2 is 1.50 bits per heavy atom. The summed E-state index contributed by atoms with van der Waals surface area (Å²) in [5.74, 6) is -6.37. The van der Waals surface area contributed by atoms with E-state index in [1.165, 1.54) is 5.32 Å². The second kappa shape index (κ2) is 14.2. The van der Waals surface area contributed by atoms with E-state index in [1.807, 2.05) is 0 Å². The fourth-order valence-corrected chi connectivity index (χ4v) is 4.89. The number of halogens is 12. The second-order valence-electron chi connectivity index (χ2n) is 9.26. The van der Waals surface area contributed by atoms with E-state index in [0.29, 0.717) is 30.5 Å². The maximum Gasteiger partial charge on any atom is 0.417 e. The lowest BCUT2D eigenvalue weighted by Gasteiger charge is -2.20. The molecule has 2 aromatic carbocycles. The molecule has 19 heteroatoms. The zero-order valence-electron chi connectivity index (χ0n) is 21.9. The molecule has 6 nitrogen and oxygen atoms in total. The van der Waals surface area contributed by atoms with Crippen molar-refractivity contribution >= 4 is 62.5 Å². The standard InChI is InChI=1S/C25H20Cl3F9N2O4S/c1-44(42,43)7-6-19(22(41)38-11-23(29,30)31)39-21(40)14-4-2-12(8-16(14)25(35,36)37)3-5-15(24(32,33)34)13-9-17(26)20(28)18(27)10-13/h2-5,8-10,15,19H,6-7,11H2,1H3,(H,38,41)(H,39,40)/b5-3+/t15?,19-/m1/s1. The molecule has 0 saturated carbocycles. The van der Waals surface area contributed by atoms with Gasteiger partial charge in [0.1, 0.15) is 22.4 Å². The molecule has 0 aliphatic heterocycles. The third kappa shape index (κ3) is 11.3. The van der Waals surface area contributed by atoms with Crippen LogP contribution in [0.4, 0.5) is 39.5 Å². The Labute approximate surface area is 259 Å². The molecule has 0 spiro atoms. The number of allylic oxidation sites excluding steroid dienone is 1. The van der Waals surface area contributed by atoms with Crippen LogP contribution in [-0.2, 0) is 20.8 Å². The minimum Gasteiger partial charge on any atom is -0.345 e. The molecular weight excluding hydrogens is 702 g/mol. The first kappa shape index (κ1) is 37.5. The predicted molar refractivity (Wildman–Crippen MR) is 145 cm³/mol. The van der Waals surface area contributed by atoms with Crippen molar-refractivity contribution in [2.75, 3.05) is 18.6 Å². The highest BCUT2D eigenvalue weighted by molar-refractivity contribution is 7.90. The van der Waals surface area contributed by atoms with Crippen LogP contribution in [0.1, 0.15) is 39.4 Å². The number of rotatable bonds is 10. The van der Waals surface area contributed by atoms with Gasteiger partial charge in [-0.2, -0.15) is 39.5 Å². The number of hydrogen-bond donors (Lipinski definition) is 2. The summed E-state index contributed by atoms with van der Waals surface area (Å²) in [6, 6.07) is 1.49. The number of benzene rings is 2. The van der Waals surface area contributed by atoms with Crippen LogP contribution in [-0.4, -0.2) is 57.2 Å². The van der Waals surface area contributed by atoms with Gasteiger partial charge in [0, 0.05) is 6.26 Å². The first-order valence-electron chi connectivity index (χ1n) is 11.8. The lowest BCUT2D eigenvalue weighted by atomic mass is 9.96. The first-order chi connectivity index (χ1) is 19.9. The van der Waals surface area contributed by atoms with E-state index in [9.17, 15) is 57.5 Å². The summed E-state index contributed by atoms with van der Waals surface area (Å²) in [5.41, 5.74) is -3.75. The molecule has 0 aliphatic rings. The van der Waals surface area contributed by atoms with E-state index in [2.05, 4.69) is 0 Å². The first-order valence-corrected chi connectivity index (χ1v) is 15.0. The molecule has 0 bridgehead atoms. The number of hydrogen-bond acceptors (Lipinski definition) is 4. The second-order valence-corrected chi connectivity index (χ2v) is 12.7. The van der Waals surface area contributed by atoms with Gasteiger partial charge in [-0.1, -0.05) is 53.0 Å². The minimum absolute atomic E-state index is 0.220. The van der Waals surface area contributed by atoms with Gasteiger partial charge in [0.25, 0.3) is 5.91 Å². The third-order valence-electron chi connectivity index (χ3n) is 5.65. The van der Waals surface area contributed by atoms with Crippen molar-refractivity contribution < 1.29 is 57.5 Å².